The molecule has 2 aromatic carbocycles. The second-order valence-corrected chi connectivity index (χ2v) is 7.05. The van der Waals surface area contributed by atoms with E-state index in [4.69, 9.17) is 20.9 Å². The molecule has 4 aromatic rings. The average molecular weight is 409 g/mol. The fraction of sp³-hybridized carbons (Fsp3) is 0.130. The summed E-state index contributed by atoms with van der Waals surface area (Å²) in [5, 5.41) is 3.88. The normalized spacial score (nSPS) is 11.0. The summed E-state index contributed by atoms with van der Waals surface area (Å²) in [6.07, 6.45) is 1.46. The first-order valence-corrected chi connectivity index (χ1v) is 9.41. The second kappa shape index (κ2) is 8.15. The molecule has 0 spiro atoms. The second-order valence-electron chi connectivity index (χ2n) is 6.69. The topological polar surface area (TPSA) is 48.2 Å². The van der Waals surface area contributed by atoms with Gasteiger partial charge in [0.05, 0.1) is 6.61 Å². The molecule has 0 saturated carbocycles. The third kappa shape index (κ3) is 3.92. The van der Waals surface area contributed by atoms with Gasteiger partial charge in [0.2, 0.25) is 0 Å². The van der Waals surface area contributed by atoms with Crippen molar-refractivity contribution in [2.45, 2.75) is 13.5 Å². The van der Waals surface area contributed by atoms with Gasteiger partial charge in [-0.25, -0.2) is 9.37 Å². The Hall–Kier alpha value is -3.02. The van der Waals surface area contributed by atoms with Crippen LogP contribution in [-0.4, -0.2) is 17.3 Å². The number of ether oxygens (including phenoxy) is 1. The molecule has 0 radical (unpaired) electrons. The molecule has 4 nitrogen and oxygen atoms in total. The summed E-state index contributed by atoms with van der Waals surface area (Å²) >= 11 is 5.65. The maximum atomic E-state index is 13.7. The highest BCUT2D eigenvalue weighted by Crippen LogP contribution is 2.33. The summed E-state index contributed by atoms with van der Waals surface area (Å²) in [5.74, 6) is -0.0253. The number of halogens is 2. The van der Waals surface area contributed by atoms with Crippen LogP contribution >= 0.6 is 11.6 Å². The molecule has 0 aliphatic rings. The zero-order chi connectivity index (χ0) is 20.4. The Labute approximate surface area is 172 Å². The smallest absolute Gasteiger partial charge is 0.167 e. The van der Waals surface area contributed by atoms with Gasteiger partial charge in [-0.05, 0) is 41.3 Å². The molecule has 4 rings (SSSR count). The molecular weight excluding hydrogens is 391 g/mol. The Morgan fingerprint density at radius 3 is 2.62 bits per heavy atom. The Kier molecular flexibility index (Phi) is 5.43. The van der Waals surface area contributed by atoms with Crippen molar-refractivity contribution in [3.8, 4) is 33.7 Å². The van der Waals surface area contributed by atoms with Gasteiger partial charge in [0.1, 0.15) is 5.69 Å². The van der Waals surface area contributed by atoms with Crippen molar-refractivity contribution in [3.05, 3.63) is 82.9 Å². The van der Waals surface area contributed by atoms with Crippen molar-refractivity contribution in [1.29, 1.82) is 0 Å². The molecule has 2 heterocycles. The van der Waals surface area contributed by atoms with Crippen molar-refractivity contribution in [2.24, 2.45) is 0 Å². The van der Waals surface area contributed by atoms with Gasteiger partial charge in [-0.1, -0.05) is 53.2 Å². The molecule has 0 bridgehead atoms. The summed E-state index contributed by atoms with van der Waals surface area (Å²) in [7, 11) is 1.67. The largest absolute Gasteiger partial charge is 0.380 e. The first kappa shape index (κ1) is 19.3. The highest BCUT2D eigenvalue weighted by atomic mass is 35.5. The van der Waals surface area contributed by atoms with Gasteiger partial charge < -0.3 is 9.26 Å². The lowest BCUT2D eigenvalue weighted by atomic mass is 9.94. The lowest BCUT2D eigenvalue weighted by Crippen LogP contribution is -1.94. The summed E-state index contributed by atoms with van der Waals surface area (Å²) in [6.45, 7) is 2.55. The molecule has 0 saturated heterocycles. The third-order valence-electron chi connectivity index (χ3n) is 4.73. The van der Waals surface area contributed by atoms with E-state index in [9.17, 15) is 4.39 Å². The van der Waals surface area contributed by atoms with Crippen LogP contribution in [0.5, 0.6) is 0 Å². The lowest BCUT2D eigenvalue weighted by molar-refractivity contribution is 0.185. The van der Waals surface area contributed by atoms with Gasteiger partial charge >= 0.3 is 0 Å². The maximum absolute atomic E-state index is 13.7. The molecular formula is C23H18ClFN2O2. The predicted molar refractivity (Wildman–Crippen MR) is 111 cm³/mol. The first-order valence-electron chi connectivity index (χ1n) is 9.03. The minimum atomic E-state index is -0.598. The molecule has 29 heavy (non-hydrogen) atoms. The first-order chi connectivity index (χ1) is 14.1. The molecule has 2 aromatic heterocycles. The molecule has 0 aliphatic carbocycles. The lowest BCUT2D eigenvalue weighted by Gasteiger charge is -2.13. The van der Waals surface area contributed by atoms with Crippen LogP contribution in [0.25, 0.3) is 33.7 Å². The number of methoxy groups -OCH3 is 1. The van der Waals surface area contributed by atoms with Crippen LogP contribution in [-0.2, 0) is 11.3 Å². The van der Waals surface area contributed by atoms with E-state index in [1.54, 1.807) is 13.2 Å². The zero-order valence-electron chi connectivity index (χ0n) is 15.9. The summed E-state index contributed by atoms with van der Waals surface area (Å²) in [4.78, 5) is 3.82. The summed E-state index contributed by atoms with van der Waals surface area (Å²) in [5.41, 5.74) is 6.34. The van der Waals surface area contributed by atoms with E-state index < -0.39 is 5.82 Å². The van der Waals surface area contributed by atoms with Crippen LogP contribution in [0.3, 0.4) is 0 Å². The van der Waals surface area contributed by atoms with Crippen LogP contribution in [0.4, 0.5) is 4.39 Å². The molecule has 146 valence electrons. The number of nitrogens with zero attached hydrogens (tertiary/aromatic N) is 2. The highest BCUT2D eigenvalue weighted by molar-refractivity contribution is 6.29. The minimum absolute atomic E-state index is 0.173. The molecule has 0 unspecified atom stereocenters. The van der Waals surface area contributed by atoms with Crippen LogP contribution in [0, 0.1) is 12.7 Å². The standard InChI is InChI=1S/C23H18ClFN2O2/c1-14-5-3-4-6-18(14)19-8-7-15(9-17(19)13-28-2)22-11-21(27-29-22)16-10-20(25)23(24)26-12-16/h3-12H,13H2,1-2H3. The van der Waals surface area contributed by atoms with E-state index in [-0.39, 0.29) is 5.15 Å². The number of pyridine rings is 1. The minimum Gasteiger partial charge on any atom is -0.380 e. The molecule has 0 aliphatic heterocycles. The maximum Gasteiger partial charge on any atom is 0.167 e. The molecule has 6 heteroatoms. The number of benzene rings is 2. The van der Waals surface area contributed by atoms with Gasteiger partial charge in [0.25, 0.3) is 0 Å². The number of hydrogen-bond donors (Lipinski definition) is 0. The summed E-state index contributed by atoms with van der Waals surface area (Å²) in [6, 6.07) is 17.3. The fourth-order valence-electron chi connectivity index (χ4n) is 3.27. The van der Waals surface area contributed by atoms with Crippen molar-refractivity contribution < 1.29 is 13.7 Å². The van der Waals surface area contributed by atoms with Crippen molar-refractivity contribution >= 4 is 11.6 Å². The van der Waals surface area contributed by atoms with Crippen molar-refractivity contribution in [2.75, 3.05) is 7.11 Å². The van der Waals surface area contributed by atoms with E-state index >= 15 is 0 Å². The monoisotopic (exact) mass is 408 g/mol. The Morgan fingerprint density at radius 2 is 1.86 bits per heavy atom. The average Bonchev–Trinajstić information content (AvgIpc) is 3.21. The molecule has 0 atom stereocenters. The molecule has 0 amide bonds. The van der Waals surface area contributed by atoms with Gasteiger partial charge in [0, 0.05) is 30.5 Å². The number of aryl methyl sites for hydroxylation is 1. The van der Waals surface area contributed by atoms with Crippen LogP contribution in [0.15, 0.2) is 65.3 Å². The Morgan fingerprint density at radius 1 is 1.03 bits per heavy atom. The van der Waals surface area contributed by atoms with Crippen LogP contribution in [0.1, 0.15) is 11.1 Å². The Bertz CT molecular complexity index is 1170. The predicted octanol–water partition coefficient (Wildman–Crippen LogP) is 6.32. The highest BCUT2D eigenvalue weighted by Gasteiger charge is 2.14. The molecule has 0 fully saturated rings. The molecule has 0 N–H and O–H groups in total. The van der Waals surface area contributed by atoms with Crippen molar-refractivity contribution in [3.63, 3.8) is 0 Å². The van der Waals surface area contributed by atoms with Gasteiger partial charge in [-0.15, -0.1) is 0 Å². The van der Waals surface area contributed by atoms with E-state index in [1.165, 1.54) is 17.8 Å². The fourth-order valence-corrected chi connectivity index (χ4v) is 3.37. The number of aromatic nitrogens is 2. The van der Waals surface area contributed by atoms with Crippen molar-refractivity contribution in [1.82, 2.24) is 10.1 Å². The van der Waals surface area contributed by atoms with Crippen LogP contribution in [0.2, 0.25) is 5.15 Å². The number of rotatable bonds is 5. The zero-order valence-corrected chi connectivity index (χ0v) is 16.7. The summed E-state index contributed by atoms with van der Waals surface area (Å²) < 4.78 is 24.6. The third-order valence-corrected chi connectivity index (χ3v) is 5.01. The van der Waals surface area contributed by atoms with Crippen LogP contribution < -0.4 is 0 Å². The SMILES string of the molecule is COCc1cc(-c2cc(-c3cnc(Cl)c(F)c3)no2)ccc1-c1ccccc1C. The van der Waals surface area contributed by atoms with E-state index in [0.717, 1.165) is 22.3 Å². The van der Waals surface area contributed by atoms with Gasteiger partial charge in [-0.2, -0.15) is 0 Å². The van der Waals surface area contributed by atoms with E-state index in [1.807, 2.05) is 24.3 Å². The Balaban J connectivity index is 1.73. The van der Waals surface area contributed by atoms with Gasteiger partial charge in [-0.3, -0.25) is 0 Å². The van der Waals surface area contributed by atoms with Gasteiger partial charge in [0.15, 0.2) is 16.7 Å². The van der Waals surface area contributed by atoms with E-state index in [0.29, 0.717) is 23.6 Å². The quantitative estimate of drug-likeness (QED) is 0.362. The van der Waals surface area contributed by atoms with E-state index in [2.05, 4.69) is 35.3 Å². The number of hydrogen-bond acceptors (Lipinski definition) is 4.